The molecule has 0 radical (unpaired) electrons. The SMILES string of the molecule is CC.CC.CC1(C)CCc2nn(C3CCC(C(=O)O)CC3)cc2C1. The highest BCUT2D eigenvalue weighted by molar-refractivity contribution is 5.70. The number of carbonyl (C=O) groups is 1. The summed E-state index contributed by atoms with van der Waals surface area (Å²) in [6.07, 6.45) is 9.10. The number of hydrogen-bond acceptors (Lipinski definition) is 2. The Kier molecular flexibility index (Phi) is 7.98. The largest absolute Gasteiger partial charge is 0.481 e. The van der Waals surface area contributed by atoms with Gasteiger partial charge in [0.1, 0.15) is 0 Å². The maximum absolute atomic E-state index is 11.0. The number of fused-ring (bicyclic) bond motifs is 1. The van der Waals surface area contributed by atoms with Crippen molar-refractivity contribution in [3.05, 3.63) is 17.5 Å². The molecular weight excluding hydrogens is 300 g/mol. The van der Waals surface area contributed by atoms with Crippen molar-refractivity contribution in [3.8, 4) is 0 Å². The third-order valence-electron chi connectivity index (χ3n) is 5.02. The lowest BCUT2D eigenvalue weighted by Crippen LogP contribution is -2.23. The Morgan fingerprint density at radius 1 is 1.17 bits per heavy atom. The summed E-state index contributed by atoms with van der Waals surface area (Å²) in [6.45, 7) is 12.6. The molecule has 0 aromatic carbocycles. The second-order valence-electron chi connectivity index (χ2n) is 7.27. The predicted molar refractivity (Wildman–Crippen MR) is 99.4 cm³/mol. The molecular formula is C20H36N2O2. The van der Waals surface area contributed by atoms with Crippen LogP contribution >= 0.6 is 0 Å². The summed E-state index contributed by atoms with van der Waals surface area (Å²) in [7, 11) is 0. The van der Waals surface area contributed by atoms with Gasteiger partial charge in [0, 0.05) is 6.20 Å². The van der Waals surface area contributed by atoms with E-state index in [1.165, 1.54) is 17.7 Å². The lowest BCUT2D eigenvalue weighted by molar-refractivity contribution is -0.143. The van der Waals surface area contributed by atoms with Crippen molar-refractivity contribution in [1.82, 2.24) is 9.78 Å². The molecule has 0 bridgehead atoms. The molecule has 1 fully saturated rings. The molecule has 0 aliphatic heterocycles. The van der Waals surface area contributed by atoms with Crippen molar-refractivity contribution in [1.29, 1.82) is 0 Å². The first-order valence-electron chi connectivity index (χ1n) is 9.74. The van der Waals surface area contributed by atoms with Crippen molar-refractivity contribution in [2.45, 2.75) is 92.5 Å². The molecule has 0 spiro atoms. The van der Waals surface area contributed by atoms with Gasteiger partial charge in [0.15, 0.2) is 0 Å². The fraction of sp³-hybridized carbons (Fsp3) is 0.800. The predicted octanol–water partition coefficient (Wildman–Crippen LogP) is 5.27. The van der Waals surface area contributed by atoms with Crippen molar-refractivity contribution in [3.63, 3.8) is 0 Å². The fourth-order valence-electron chi connectivity index (χ4n) is 3.66. The number of aryl methyl sites for hydroxylation is 1. The zero-order chi connectivity index (χ0) is 18.3. The number of aliphatic carboxylic acids is 1. The molecule has 24 heavy (non-hydrogen) atoms. The lowest BCUT2D eigenvalue weighted by atomic mass is 9.77. The van der Waals surface area contributed by atoms with Gasteiger partial charge in [-0.3, -0.25) is 9.48 Å². The summed E-state index contributed by atoms with van der Waals surface area (Å²) in [5.41, 5.74) is 3.06. The second kappa shape index (κ2) is 9.24. The van der Waals surface area contributed by atoms with Gasteiger partial charge in [0.25, 0.3) is 0 Å². The van der Waals surface area contributed by atoms with E-state index in [0.29, 0.717) is 11.5 Å². The lowest BCUT2D eigenvalue weighted by Gasteiger charge is -2.28. The highest BCUT2D eigenvalue weighted by atomic mass is 16.4. The highest BCUT2D eigenvalue weighted by Crippen LogP contribution is 2.37. The van der Waals surface area contributed by atoms with Gasteiger partial charge in [-0.2, -0.15) is 5.10 Å². The minimum Gasteiger partial charge on any atom is -0.481 e. The van der Waals surface area contributed by atoms with Crippen LogP contribution in [0.2, 0.25) is 0 Å². The first-order valence-corrected chi connectivity index (χ1v) is 9.74. The van der Waals surface area contributed by atoms with Crippen LogP contribution in [0.4, 0.5) is 0 Å². The standard InChI is InChI=1S/C16H24N2O2.2C2H6/c1-16(2)8-7-14-12(9-16)10-18(17-14)13-5-3-11(4-6-13)15(19)20;2*1-2/h10-11,13H,3-9H2,1-2H3,(H,19,20);2*1-2H3. The van der Waals surface area contributed by atoms with E-state index in [-0.39, 0.29) is 5.92 Å². The normalized spacial score (nSPS) is 24.6. The van der Waals surface area contributed by atoms with E-state index in [9.17, 15) is 4.79 Å². The van der Waals surface area contributed by atoms with Gasteiger partial charge >= 0.3 is 5.97 Å². The van der Waals surface area contributed by atoms with E-state index in [1.54, 1.807) is 0 Å². The van der Waals surface area contributed by atoms with E-state index < -0.39 is 5.97 Å². The molecule has 1 heterocycles. The molecule has 138 valence electrons. The smallest absolute Gasteiger partial charge is 0.306 e. The molecule has 4 heteroatoms. The van der Waals surface area contributed by atoms with Crippen LogP contribution in [0.3, 0.4) is 0 Å². The van der Waals surface area contributed by atoms with Crippen LogP contribution < -0.4 is 0 Å². The number of hydrogen-bond donors (Lipinski definition) is 1. The van der Waals surface area contributed by atoms with E-state index in [2.05, 4.69) is 24.7 Å². The Morgan fingerprint density at radius 2 is 1.75 bits per heavy atom. The number of rotatable bonds is 2. The quantitative estimate of drug-likeness (QED) is 0.800. The Labute approximate surface area is 147 Å². The molecule has 1 aromatic rings. The maximum Gasteiger partial charge on any atom is 0.306 e. The van der Waals surface area contributed by atoms with Gasteiger partial charge in [0.2, 0.25) is 0 Å². The third kappa shape index (κ3) is 5.09. The summed E-state index contributed by atoms with van der Waals surface area (Å²) in [5.74, 6) is -0.777. The van der Waals surface area contributed by atoms with Gasteiger partial charge in [-0.1, -0.05) is 41.5 Å². The topological polar surface area (TPSA) is 55.1 Å². The molecule has 1 N–H and O–H groups in total. The van der Waals surface area contributed by atoms with Crippen LogP contribution in [0.25, 0.3) is 0 Å². The number of carboxylic acids is 1. The van der Waals surface area contributed by atoms with Gasteiger partial charge in [-0.15, -0.1) is 0 Å². The van der Waals surface area contributed by atoms with Crippen molar-refractivity contribution >= 4 is 5.97 Å². The average molecular weight is 337 g/mol. The minimum absolute atomic E-state index is 0.143. The average Bonchev–Trinajstić information content (AvgIpc) is 3.00. The number of nitrogens with zero attached hydrogens (tertiary/aromatic N) is 2. The molecule has 2 aliphatic rings. The van der Waals surface area contributed by atoms with Crippen molar-refractivity contribution in [2.75, 3.05) is 0 Å². The Balaban J connectivity index is 0.000000671. The van der Waals surface area contributed by atoms with Crippen LogP contribution in [0.15, 0.2) is 6.20 Å². The van der Waals surface area contributed by atoms with Crippen LogP contribution in [-0.2, 0) is 17.6 Å². The third-order valence-corrected chi connectivity index (χ3v) is 5.02. The van der Waals surface area contributed by atoms with Gasteiger partial charge in [-0.05, 0) is 55.9 Å². The van der Waals surface area contributed by atoms with Crippen molar-refractivity contribution < 1.29 is 9.90 Å². The molecule has 4 nitrogen and oxygen atoms in total. The van der Waals surface area contributed by atoms with Gasteiger partial charge in [-0.25, -0.2) is 0 Å². The zero-order valence-corrected chi connectivity index (χ0v) is 16.4. The van der Waals surface area contributed by atoms with Crippen LogP contribution in [0.1, 0.15) is 90.9 Å². The minimum atomic E-state index is -0.634. The summed E-state index contributed by atoms with van der Waals surface area (Å²) >= 11 is 0. The Bertz CT molecular complexity index is 512. The zero-order valence-electron chi connectivity index (χ0n) is 16.4. The first kappa shape index (κ1) is 20.7. The van der Waals surface area contributed by atoms with Crippen LogP contribution in [0.5, 0.6) is 0 Å². The summed E-state index contributed by atoms with van der Waals surface area (Å²) in [5, 5.41) is 13.8. The summed E-state index contributed by atoms with van der Waals surface area (Å²) < 4.78 is 2.13. The van der Waals surface area contributed by atoms with E-state index in [0.717, 1.165) is 38.5 Å². The monoisotopic (exact) mass is 336 g/mol. The fourth-order valence-corrected chi connectivity index (χ4v) is 3.66. The molecule has 1 aromatic heterocycles. The maximum atomic E-state index is 11.0. The second-order valence-corrected chi connectivity index (χ2v) is 7.27. The molecule has 0 saturated heterocycles. The summed E-state index contributed by atoms with van der Waals surface area (Å²) in [4.78, 5) is 11.0. The highest BCUT2D eigenvalue weighted by Gasteiger charge is 2.30. The van der Waals surface area contributed by atoms with E-state index in [1.807, 2.05) is 27.7 Å². The Morgan fingerprint density at radius 3 is 2.29 bits per heavy atom. The van der Waals surface area contributed by atoms with Crippen LogP contribution in [0, 0.1) is 11.3 Å². The molecule has 1 saturated carbocycles. The van der Waals surface area contributed by atoms with Gasteiger partial charge < -0.3 is 5.11 Å². The number of aromatic nitrogens is 2. The van der Waals surface area contributed by atoms with Crippen LogP contribution in [-0.4, -0.2) is 20.9 Å². The number of carboxylic acid groups (broad SMARTS) is 1. The molecule has 0 amide bonds. The van der Waals surface area contributed by atoms with Crippen molar-refractivity contribution in [2.24, 2.45) is 11.3 Å². The molecule has 2 aliphatic carbocycles. The first-order chi connectivity index (χ1) is 11.4. The van der Waals surface area contributed by atoms with E-state index in [4.69, 9.17) is 10.2 Å². The molecule has 0 atom stereocenters. The Hall–Kier alpha value is -1.32. The van der Waals surface area contributed by atoms with Gasteiger partial charge in [0.05, 0.1) is 17.7 Å². The summed E-state index contributed by atoms with van der Waals surface area (Å²) in [6, 6.07) is 0.402. The van der Waals surface area contributed by atoms with E-state index >= 15 is 0 Å². The molecule has 3 rings (SSSR count). The molecule has 0 unspecified atom stereocenters.